The van der Waals surface area contributed by atoms with Crippen LogP contribution in [0.25, 0.3) is 0 Å². The molecule has 0 saturated heterocycles. The van der Waals surface area contributed by atoms with E-state index >= 15 is 0 Å². The highest BCUT2D eigenvalue weighted by atomic mass is 32.2. The minimum Gasteiger partial charge on any atom is -0.480 e. The maximum Gasteiger partial charge on any atom is 0.329 e. The zero-order valence-corrected chi connectivity index (χ0v) is 12.0. The number of hydrogen-bond donors (Lipinski definition) is 1. The Morgan fingerprint density at radius 3 is 2.24 bits per heavy atom. The third-order valence-electron chi connectivity index (χ3n) is 2.70. The molecule has 0 aliphatic rings. The minimum atomic E-state index is -1.18. The van der Waals surface area contributed by atoms with Crippen LogP contribution in [0, 0.1) is 0 Å². The van der Waals surface area contributed by atoms with E-state index < -0.39 is 11.5 Å². The molecule has 0 saturated carbocycles. The van der Waals surface area contributed by atoms with E-state index in [1.165, 1.54) is 4.90 Å². The SMILES string of the molecule is CCN(C(=O)N(C)CCSC)C(C)(C)C(=O)O. The predicted octanol–water partition coefficient (Wildman–Crippen LogP) is 1.59. The predicted molar refractivity (Wildman–Crippen MR) is 70.5 cm³/mol. The van der Waals surface area contributed by atoms with Gasteiger partial charge in [0.05, 0.1) is 0 Å². The third kappa shape index (κ3) is 4.11. The number of carboxylic acids is 1. The maximum atomic E-state index is 12.1. The molecule has 0 unspecified atom stereocenters. The number of urea groups is 1. The van der Waals surface area contributed by atoms with Crippen molar-refractivity contribution < 1.29 is 14.7 Å². The summed E-state index contributed by atoms with van der Waals surface area (Å²) in [6.45, 7) is 5.86. The van der Waals surface area contributed by atoms with E-state index in [0.717, 1.165) is 5.75 Å². The third-order valence-corrected chi connectivity index (χ3v) is 3.29. The Morgan fingerprint density at radius 2 is 1.88 bits per heavy atom. The van der Waals surface area contributed by atoms with Crippen LogP contribution in [0.1, 0.15) is 20.8 Å². The molecule has 17 heavy (non-hydrogen) atoms. The lowest BCUT2D eigenvalue weighted by Gasteiger charge is -2.36. The molecule has 0 bridgehead atoms. The number of thioether (sulfide) groups is 1. The second kappa shape index (κ2) is 6.74. The Hall–Kier alpha value is -0.910. The lowest BCUT2D eigenvalue weighted by atomic mass is 10.0. The molecule has 100 valence electrons. The normalized spacial score (nSPS) is 11.1. The van der Waals surface area contributed by atoms with E-state index in [2.05, 4.69) is 0 Å². The molecule has 0 aromatic rings. The molecule has 0 atom stereocenters. The fourth-order valence-electron chi connectivity index (χ4n) is 1.42. The second-order valence-electron chi connectivity index (χ2n) is 4.31. The number of likely N-dealkylation sites (N-methyl/N-ethyl adjacent to an activating group) is 1. The topological polar surface area (TPSA) is 60.9 Å². The van der Waals surface area contributed by atoms with Crippen molar-refractivity contribution in [2.45, 2.75) is 26.3 Å². The number of carbonyl (C=O) groups excluding carboxylic acids is 1. The van der Waals surface area contributed by atoms with Gasteiger partial charge < -0.3 is 14.9 Å². The van der Waals surface area contributed by atoms with Gasteiger partial charge in [-0.25, -0.2) is 9.59 Å². The van der Waals surface area contributed by atoms with Crippen LogP contribution in [0.4, 0.5) is 4.79 Å². The van der Waals surface area contributed by atoms with Crippen molar-refractivity contribution in [3.8, 4) is 0 Å². The number of rotatable bonds is 6. The van der Waals surface area contributed by atoms with Crippen molar-refractivity contribution >= 4 is 23.8 Å². The van der Waals surface area contributed by atoms with Crippen molar-refractivity contribution in [1.29, 1.82) is 0 Å². The fourth-order valence-corrected chi connectivity index (χ4v) is 1.87. The largest absolute Gasteiger partial charge is 0.480 e. The van der Waals surface area contributed by atoms with Crippen molar-refractivity contribution in [1.82, 2.24) is 9.80 Å². The first-order chi connectivity index (χ1) is 7.78. The smallest absolute Gasteiger partial charge is 0.329 e. The van der Waals surface area contributed by atoms with E-state index in [-0.39, 0.29) is 6.03 Å². The first-order valence-corrected chi connectivity index (χ1v) is 6.93. The number of carboxylic acid groups (broad SMARTS) is 1. The van der Waals surface area contributed by atoms with Crippen molar-refractivity contribution in [3.05, 3.63) is 0 Å². The highest BCUT2D eigenvalue weighted by Crippen LogP contribution is 2.16. The van der Waals surface area contributed by atoms with Crippen LogP contribution >= 0.6 is 11.8 Å². The van der Waals surface area contributed by atoms with Gasteiger partial charge >= 0.3 is 12.0 Å². The average molecular weight is 262 g/mol. The lowest BCUT2D eigenvalue weighted by molar-refractivity contribution is -0.147. The quantitative estimate of drug-likeness (QED) is 0.789. The summed E-state index contributed by atoms with van der Waals surface area (Å²) in [4.78, 5) is 26.2. The molecule has 0 aromatic carbocycles. The van der Waals surface area contributed by atoms with Crippen LogP contribution < -0.4 is 0 Å². The summed E-state index contributed by atoms with van der Waals surface area (Å²) in [5, 5.41) is 9.13. The second-order valence-corrected chi connectivity index (χ2v) is 5.29. The first-order valence-electron chi connectivity index (χ1n) is 5.54. The van der Waals surface area contributed by atoms with Gasteiger partial charge in [0, 0.05) is 25.9 Å². The van der Waals surface area contributed by atoms with Gasteiger partial charge in [0.25, 0.3) is 0 Å². The summed E-state index contributed by atoms with van der Waals surface area (Å²) in [6.07, 6.45) is 1.97. The molecule has 0 fully saturated rings. The first kappa shape index (κ1) is 16.1. The molecule has 6 heteroatoms. The Kier molecular flexibility index (Phi) is 6.37. The zero-order valence-electron chi connectivity index (χ0n) is 11.2. The summed E-state index contributed by atoms with van der Waals surface area (Å²) in [5.74, 6) is -0.154. The van der Waals surface area contributed by atoms with Crippen LogP contribution in [0.2, 0.25) is 0 Å². The van der Waals surface area contributed by atoms with E-state index in [9.17, 15) is 9.59 Å². The number of carbonyl (C=O) groups is 2. The van der Waals surface area contributed by atoms with Crippen molar-refractivity contribution in [3.63, 3.8) is 0 Å². The molecule has 0 aromatic heterocycles. The van der Waals surface area contributed by atoms with E-state index in [1.807, 2.05) is 6.26 Å². The fraction of sp³-hybridized carbons (Fsp3) is 0.818. The van der Waals surface area contributed by atoms with Gasteiger partial charge in [-0.15, -0.1) is 0 Å². The molecule has 0 heterocycles. The highest BCUT2D eigenvalue weighted by Gasteiger charge is 2.37. The summed E-state index contributed by atoms with van der Waals surface area (Å²) >= 11 is 1.65. The molecule has 5 nitrogen and oxygen atoms in total. The van der Waals surface area contributed by atoms with E-state index in [4.69, 9.17) is 5.11 Å². The Balaban J connectivity index is 4.77. The number of aliphatic carboxylic acids is 1. The Morgan fingerprint density at radius 1 is 1.35 bits per heavy atom. The summed E-state index contributed by atoms with van der Waals surface area (Å²) in [5.41, 5.74) is -1.18. The van der Waals surface area contributed by atoms with Gasteiger partial charge in [-0.1, -0.05) is 0 Å². The maximum absolute atomic E-state index is 12.1. The van der Waals surface area contributed by atoms with Gasteiger partial charge in [0.1, 0.15) is 5.54 Å². The zero-order chi connectivity index (χ0) is 13.6. The average Bonchev–Trinajstić information content (AvgIpc) is 2.25. The number of nitrogens with zero attached hydrogens (tertiary/aromatic N) is 2. The van der Waals surface area contributed by atoms with Gasteiger partial charge in [-0.2, -0.15) is 11.8 Å². The Labute approximate surface area is 107 Å². The van der Waals surface area contributed by atoms with Gasteiger partial charge in [0.15, 0.2) is 0 Å². The standard InChI is InChI=1S/C11H22N2O3S/c1-6-13(11(2,3)9(14)15)10(16)12(4)7-8-17-5/h6-8H2,1-5H3,(H,14,15). The van der Waals surface area contributed by atoms with Crippen LogP contribution in [0.5, 0.6) is 0 Å². The number of hydrogen-bond acceptors (Lipinski definition) is 3. The molecule has 0 radical (unpaired) electrons. The molecular formula is C11H22N2O3S. The van der Waals surface area contributed by atoms with Crippen molar-refractivity contribution in [2.75, 3.05) is 32.1 Å². The van der Waals surface area contributed by atoms with Crippen LogP contribution in [-0.2, 0) is 4.79 Å². The van der Waals surface area contributed by atoms with Crippen LogP contribution in [0.3, 0.4) is 0 Å². The van der Waals surface area contributed by atoms with Crippen LogP contribution in [-0.4, -0.2) is 64.6 Å². The highest BCUT2D eigenvalue weighted by molar-refractivity contribution is 7.98. The van der Waals surface area contributed by atoms with Crippen LogP contribution in [0.15, 0.2) is 0 Å². The van der Waals surface area contributed by atoms with Crippen molar-refractivity contribution in [2.24, 2.45) is 0 Å². The van der Waals surface area contributed by atoms with E-state index in [0.29, 0.717) is 13.1 Å². The van der Waals surface area contributed by atoms with Gasteiger partial charge in [0.2, 0.25) is 0 Å². The Bertz CT molecular complexity index is 282. The summed E-state index contributed by atoms with van der Waals surface area (Å²) in [6, 6.07) is -0.242. The van der Waals surface area contributed by atoms with E-state index in [1.54, 1.807) is 44.5 Å². The molecule has 0 aliphatic heterocycles. The number of amides is 2. The molecule has 0 aliphatic carbocycles. The van der Waals surface area contributed by atoms with Gasteiger partial charge in [-0.05, 0) is 27.0 Å². The van der Waals surface area contributed by atoms with Gasteiger partial charge in [-0.3, -0.25) is 0 Å². The molecular weight excluding hydrogens is 240 g/mol. The molecule has 2 amide bonds. The molecule has 0 spiro atoms. The minimum absolute atomic E-state index is 0.242. The molecule has 0 rings (SSSR count). The summed E-state index contributed by atoms with van der Waals surface area (Å²) in [7, 11) is 1.69. The molecule has 1 N–H and O–H groups in total. The monoisotopic (exact) mass is 262 g/mol. The lowest BCUT2D eigenvalue weighted by Crippen LogP contribution is -2.56. The summed E-state index contributed by atoms with van der Waals surface area (Å²) < 4.78 is 0.